The Bertz CT molecular complexity index is 582. The largest absolute Gasteiger partial charge is 0.486 e. The summed E-state index contributed by atoms with van der Waals surface area (Å²) in [5.74, 6) is 2.27. The summed E-state index contributed by atoms with van der Waals surface area (Å²) in [5, 5.41) is 4.47. The van der Waals surface area contributed by atoms with Gasteiger partial charge < -0.3 is 14.5 Å². The van der Waals surface area contributed by atoms with Crippen molar-refractivity contribution in [1.82, 2.24) is 5.32 Å². The Morgan fingerprint density at radius 3 is 2.29 bits per heavy atom. The van der Waals surface area contributed by atoms with E-state index in [4.69, 9.17) is 32.4 Å². The van der Waals surface area contributed by atoms with Gasteiger partial charge in [0.1, 0.15) is 23.9 Å². The zero-order chi connectivity index (χ0) is 15.5. The molecule has 2 rings (SSSR count). The van der Waals surface area contributed by atoms with Crippen molar-refractivity contribution in [2.24, 2.45) is 0 Å². The van der Waals surface area contributed by atoms with Crippen molar-refractivity contribution in [2.75, 3.05) is 0 Å². The molecule has 0 amide bonds. The quantitative estimate of drug-likeness (QED) is 0.834. The maximum Gasteiger partial charge on any atom is 0.146 e. The van der Waals surface area contributed by atoms with E-state index in [2.05, 4.69) is 26.1 Å². The summed E-state index contributed by atoms with van der Waals surface area (Å²) < 4.78 is 11.3. The van der Waals surface area contributed by atoms with Gasteiger partial charge in [-0.15, -0.1) is 0 Å². The summed E-state index contributed by atoms with van der Waals surface area (Å²) in [4.78, 5) is 0. The Hall–Kier alpha value is -1.16. The minimum Gasteiger partial charge on any atom is -0.486 e. The lowest BCUT2D eigenvalue weighted by molar-refractivity contribution is 0.263. The molecule has 3 nitrogen and oxygen atoms in total. The van der Waals surface area contributed by atoms with Gasteiger partial charge in [-0.05, 0) is 51.1 Å². The highest BCUT2D eigenvalue weighted by molar-refractivity contribution is 6.34. The molecule has 0 spiro atoms. The molecule has 0 radical (unpaired) electrons. The van der Waals surface area contributed by atoms with E-state index >= 15 is 0 Å². The molecule has 0 bridgehead atoms. The Balaban J connectivity index is 1.90. The van der Waals surface area contributed by atoms with Crippen LogP contribution < -0.4 is 10.1 Å². The molecule has 0 saturated carbocycles. The van der Waals surface area contributed by atoms with Gasteiger partial charge in [-0.2, -0.15) is 0 Å². The van der Waals surface area contributed by atoms with E-state index in [0.29, 0.717) is 28.9 Å². The summed E-state index contributed by atoms with van der Waals surface area (Å²) in [6, 6.07) is 8.96. The van der Waals surface area contributed by atoms with Crippen LogP contribution in [0.3, 0.4) is 0 Å². The van der Waals surface area contributed by atoms with Crippen molar-refractivity contribution in [3.8, 4) is 5.75 Å². The van der Waals surface area contributed by atoms with E-state index in [1.54, 1.807) is 18.2 Å². The number of nitrogens with one attached hydrogen (secondary N) is 1. The molecule has 2 aromatic rings. The molecule has 114 valence electrons. The minimum absolute atomic E-state index is 0.0565. The third kappa shape index (κ3) is 5.62. The summed E-state index contributed by atoms with van der Waals surface area (Å²) in [7, 11) is 0. The summed E-state index contributed by atoms with van der Waals surface area (Å²) in [6.45, 7) is 7.37. The molecule has 0 atom stereocenters. The first-order valence-corrected chi connectivity index (χ1v) is 7.49. The van der Waals surface area contributed by atoms with E-state index in [-0.39, 0.29) is 5.54 Å². The van der Waals surface area contributed by atoms with Gasteiger partial charge in [0.2, 0.25) is 0 Å². The van der Waals surface area contributed by atoms with Crippen LogP contribution in [0.25, 0.3) is 0 Å². The minimum atomic E-state index is 0.0565. The van der Waals surface area contributed by atoms with Crippen LogP contribution in [-0.2, 0) is 13.2 Å². The maximum atomic E-state index is 5.92. The Morgan fingerprint density at radius 2 is 1.67 bits per heavy atom. The highest BCUT2D eigenvalue weighted by Crippen LogP contribution is 2.25. The van der Waals surface area contributed by atoms with Crippen LogP contribution in [0.1, 0.15) is 32.3 Å². The Kier molecular flexibility index (Phi) is 5.20. The fourth-order valence-electron chi connectivity index (χ4n) is 1.71. The fourth-order valence-corrected chi connectivity index (χ4v) is 2.22. The average molecular weight is 328 g/mol. The van der Waals surface area contributed by atoms with Gasteiger partial charge in [0.05, 0.1) is 6.54 Å². The lowest BCUT2D eigenvalue weighted by atomic mass is 10.1. The van der Waals surface area contributed by atoms with Crippen LogP contribution in [0.5, 0.6) is 5.75 Å². The number of hydrogen-bond donors (Lipinski definition) is 1. The molecule has 0 fully saturated rings. The molecule has 0 unspecified atom stereocenters. The number of furan rings is 1. The molecular formula is C16H19Cl2NO2. The number of benzene rings is 1. The first kappa shape index (κ1) is 16.2. The second-order valence-corrected chi connectivity index (χ2v) is 6.74. The molecule has 1 aromatic heterocycles. The van der Waals surface area contributed by atoms with Crippen molar-refractivity contribution >= 4 is 23.2 Å². The smallest absolute Gasteiger partial charge is 0.146 e. The topological polar surface area (TPSA) is 34.4 Å². The molecule has 1 aromatic carbocycles. The number of halogens is 2. The Morgan fingerprint density at radius 1 is 1.05 bits per heavy atom. The van der Waals surface area contributed by atoms with Gasteiger partial charge in [-0.3, -0.25) is 0 Å². The van der Waals surface area contributed by atoms with E-state index in [0.717, 1.165) is 11.5 Å². The highest BCUT2D eigenvalue weighted by Gasteiger charge is 2.10. The van der Waals surface area contributed by atoms with Crippen LogP contribution in [-0.4, -0.2) is 5.54 Å². The third-order valence-corrected chi connectivity index (χ3v) is 3.16. The van der Waals surface area contributed by atoms with Crippen molar-refractivity contribution < 1.29 is 9.15 Å². The summed E-state index contributed by atoms with van der Waals surface area (Å²) >= 11 is 11.8. The molecular weight excluding hydrogens is 309 g/mol. The van der Waals surface area contributed by atoms with Gasteiger partial charge >= 0.3 is 0 Å². The van der Waals surface area contributed by atoms with E-state index in [1.165, 1.54) is 0 Å². The van der Waals surface area contributed by atoms with Gasteiger partial charge in [0.25, 0.3) is 0 Å². The van der Waals surface area contributed by atoms with Gasteiger partial charge in [0.15, 0.2) is 0 Å². The fraction of sp³-hybridized carbons (Fsp3) is 0.375. The van der Waals surface area contributed by atoms with Gasteiger partial charge in [-0.1, -0.05) is 23.2 Å². The Labute approximate surface area is 135 Å². The molecule has 21 heavy (non-hydrogen) atoms. The maximum absolute atomic E-state index is 5.92. The normalized spacial score (nSPS) is 11.7. The predicted octanol–water partition coefficient (Wildman–Crippen LogP) is 5.05. The molecule has 5 heteroatoms. The predicted molar refractivity (Wildman–Crippen MR) is 86.1 cm³/mol. The molecule has 1 heterocycles. The van der Waals surface area contributed by atoms with E-state index in [9.17, 15) is 0 Å². The second-order valence-electron chi connectivity index (χ2n) is 5.87. The van der Waals surface area contributed by atoms with Crippen LogP contribution in [0.15, 0.2) is 34.7 Å². The van der Waals surface area contributed by atoms with Crippen LogP contribution in [0.2, 0.25) is 10.0 Å². The lowest BCUT2D eigenvalue weighted by Crippen LogP contribution is -2.34. The molecule has 0 saturated heterocycles. The third-order valence-electron chi connectivity index (χ3n) is 2.73. The zero-order valence-corrected chi connectivity index (χ0v) is 13.9. The SMILES string of the molecule is CC(C)(C)NCc1ccc(COc2cc(Cl)cc(Cl)c2)o1. The van der Waals surface area contributed by atoms with Crippen molar-refractivity contribution in [3.63, 3.8) is 0 Å². The first-order valence-electron chi connectivity index (χ1n) is 6.73. The standard InChI is InChI=1S/C16H19Cl2NO2/c1-16(2,3)19-9-13-4-5-14(21-13)10-20-15-7-11(17)6-12(18)8-15/h4-8,19H,9-10H2,1-3H3. The number of ether oxygens (including phenoxy) is 1. The van der Waals surface area contributed by atoms with Crippen molar-refractivity contribution in [3.05, 3.63) is 51.9 Å². The summed E-state index contributed by atoms with van der Waals surface area (Å²) in [6.07, 6.45) is 0. The molecule has 0 aliphatic rings. The number of rotatable bonds is 5. The summed E-state index contributed by atoms with van der Waals surface area (Å²) in [5.41, 5.74) is 0.0565. The molecule has 1 N–H and O–H groups in total. The van der Waals surface area contributed by atoms with E-state index in [1.807, 2.05) is 12.1 Å². The highest BCUT2D eigenvalue weighted by atomic mass is 35.5. The molecule has 0 aliphatic heterocycles. The average Bonchev–Trinajstić information content (AvgIpc) is 2.80. The van der Waals surface area contributed by atoms with Crippen LogP contribution in [0.4, 0.5) is 0 Å². The second kappa shape index (κ2) is 6.73. The monoisotopic (exact) mass is 327 g/mol. The van der Waals surface area contributed by atoms with Crippen molar-refractivity contribution in [1.29, 1.82) is 0 Å². The van der Waals surface area contributed by atoms with Crippen LogP contribution >= 0.6 is 23.2 Å². The first-order chi connectivity index (χ1) is 9.82. The van der Waals surface area contributed by atoms with Gasteiger partial charge in [-0.25, -0.2) is 0 Å². The van der Waals surface area contributed by atoms with Gasteiger partial charge in [0, 0.05) is 15.6 Å². The zero-order valence-electron chi connectivity index (χ0n) is 12.4. The molecule has 0 aliphatic carbocycles. The number of hydrogen-bond acceptors (Lipinski definition) is 3. The van der Waals surface area contributed by atoms with Crippen molar-refractivity contribution in [2.45, 2.75) is 39.5 Å². The van der Waals surface area contributed by atoms with E-state index < -0.39 is 0 Å². The van der Waals surface area contributed by atoms with Crippen LogP contribution in [0, 0.1) is 0 Å². The lowest BCUT2D eigenvalue weighted by Gasteiger charge is -2.19.